The van der Waals surface area contributed by atoms with Crippen LogP contribution >= 0.6 is 11.6 Å². The van der Waals surface area contributed by atoms with Crippen LogP contribution in [0.3, 0.4) is 0 Å². The molecule has 152 valence electrons. The Morgan fingerprint density at radius 3 is 2.61 bits per heavy atom. The maximum atomic E-state index is 14.2. The number of aryl methyl sites for hydroxylation is 1. The Hall–Kier alpha value is -2.01. The number of benzene rings is 1. The van der Waals surface area contributed by atoms with Gasteiger partial charge in [0.05, 0.1) is 29.6 Å². The molecule has 1 amide bonds. The lowest BCUT2D eigenvalue weighted by atomic mass is 10.3. The van der Waals surface area contributed by atoms with E-state index >= 15 is 0 Å². The zero-order valence-electron chi connectivity index (χ0n) is 15.4. The number of nitrogens with zero attached hydrogens (tertiary/aromatic N) is 3. The van der Waals surface area contributed by atoms with Crippen LogP contribution in [0, 0.1) is 19.7 Å². The summed E-state index contributed by atoms with van der Waals surface area (Å²) in [5.74, 6) is -1.32. The number of hydrogen-bond acceptors (Lipinski definition) is 5. The number of carbonyl (C=O) groups is 1. The van der Waals surface area contributed by atoms with Gasteiger partial charge in [-0.1, -0.05) is 11.6 Å². The highest BCUT2D eigenvalue weighted by Crippen LogP contribution is 2.24. The molecule has 1 aliphatic heterocycles. The van der Waals surface area contributed by atoms with E-state index in [1.54, 1.807) is 13.8 Å². The highest BCUT2D eigenvalue weighted by molar-refractivity contribution is 7.89. The maximum absolute atomic E-state index is 14.2. The standard InChI is InChI=1S/C17H20ClFN4O4S/c1-11-17(18)12(2)23(21-11)10-16(24)20-13-3-4-14(19)15(9-13)28(25,26)22-5-7-27-8-6-22/h3-4,9H,5-8,10H2,1-2H3,(H,20,24). The van der Waals surface area contributed by atoms with Gasteiger partial charge >= 0.3 is 0 Å². The second-order valence-electron chi connectivity index (χ2n) is 6.35. The average molecular weight is 431 g/mol. The predicted octanol–water partition coefficient (Wildman–Crippen LogP) is 1.95. The van der Waals surface area contributed by atoms with E-state index in [0.29, 0.717) is 16.4 Å². The van der Waals surface area contributed by atoms with Crippen LogP contribution in [0.1, 0.15) is 11.4 Å². The minimum Gasteiger partial charge on any atom is -0.379 e. The molecule has 0 saturated carbocycles. The predicted molar refractivity (Wildman–Crippen MR) is 101 cm³/mol. The Morgan fingerprint density at radius 2 is 2.00 bits per heavy atom. The smallest absolute Gasteiger partial charge is 0.246 e. The summed E-state index contributed by atoms with van der Waals surface area (Å²) in [5, 5.41) is 7.22. The van der Waals surface area contributed by atoms with Crippen molar-refractivity contribution in [2.45, 2.75) is 25.3 Å². The van der Waals surface area contributed by atoms with Gasteiger partial charge < -0.3 is 10.1 Å². The topological polar surface area (TPSA) is 93.5 Å². The van der Waals surface area contributed by atoms with Gasteiger partial charge in [0, 0.05) is 18.8 Å². The van der Waals surface area contributed by atoms with Crippen LogP contribution in [0.2, 0.25) is 5.02 Å². The van der Waals surface area contributed by atoms with E-state index in [1.165, 1.54) is 15.1 Å². The van der Waals surface area contributed by atoms with Crippen molar-refractivity contribution in [3.8, 4) is 0 Å². The van der Waals surface area contributed by atoms with Crippen molar-refractivity contribution in [3.05, 3.63) is 40.4 Å². The molecule has 11 heteroatoms. The number of morpholine rings is 1. The lowest BCUT2D eigenvalue weighted by molar-refractivity contribution is -0.116. The Labute approximate surface area is 167 Å². The zero-order chi connectivity index (χ0) is 20.5. The molecule has 0 unspecified atom stereocenters. The first-order valence-corrected chi connectivity index (χ1v) is 10.4. The van der Waals surface area contributed by atoms with Crippen LogP contribution in [0.5, 0.6) is 0 Å². The molecule has 1 saturated heterocycles. The van der Waals surface area contributed by atoms with Gasteiger partial charge in [-0.15, -0.1) is 0 Å². The molecule has 0 spiro atoms. The van der Waals surface area contributed by atoms with Crippen LogP contribution in [0.15, 0.2) is 23.1 Å². The van der Waals surface area contributed by atoms with E-state index < -0.39 is 26.6 Å². The summed E-state index contributed by atoms with van der Waals surface area (Å²) in [6.45, 7) is 4.16. The number of sulfonamides is 1. The molecule has 8 nitrogen and oxygen atoms in total. The minimum absolute atomic E-state index is 0.109. The van der Waals surface area contributed by atoms with Gasteiger partial charge in [0.1, 0.15) is 17.3 Å². The summed E-state index contributed by atoms with van der Waals surface area (Å²) < 4.78 is 47.4. The van der Waals surface area contributed by atoms with Crippen molar-refractivity contribution in [2.24, 2.45) is 0 Å². The Bertz CT molecular complexity index is 1000. The van der Waals surface area contributed by atoms with Crippen LogP contribution in [0.25, 0.3) is 0 Å². The molecule has 1 aromatic carbocycles. The first kappa shape index (κ1) is 20.7. The maximum Gasteiger partial charge on any atom is 0.246 e. The van der Waals surface area contributed by atoms with Gasteiger partial charge in [-0.2, -0.15) is 9.40 Å². The number of halogens is 2. The molecule has 1 N–H and O–H groups in total. The molecule has 28 heavy (non-hydrogen) atoms. The summed E-state index contributed by atoms with van der Waals surface area (Å²) in [4.78, 5) is 11.8. The third-order valence-electron chi connectivity index (χ3n) is 4.39. The van der Waals surface area contributed by atoms with Crippen molar-refractivity contribution in [2.75, 3.05) is 31.6 Å². The third-order valence-corrected chi connectivity index (χ3v) is 6.85. The highest BCUT2D eigenvalue weighted by Gasteiger charge is 2.29. The number of ether oxygens (including phenoxy) is 1. The first-order valence-electron chi connectivity index (χ1n) is 8.57. The summed E-state index contributed by atoms with van der Waals surface area (Å²) >= 11 is 6.07. The Kier molecular flexibility index (Phi) is 6.04. The van der Waals surface area contributed by atoms with Gasteiger partial charge in [-0.3, -0.25) is 9.48 Å². The zero-order valence-corrected chi connectivity index (χ0v) is 17.0. The fraction of sp³-hybridized carbons (Fsp3) is 0.412. The number of carbonyl (C=O) groups excluding carboxylic acids is 1. The van der Waals surface area contributed by atoms with E-state index in [1.807, 2.05) is 0 Å². The molecular weight excluding hydrogens is 411 g/mol. The monoisotopic (exact) mass is 430 g/mol. The van der Waals surface area contributed by atoms with E-state index in [9.17, 15) is 17.6 Å². The SMILES string of the molecule is Cc1nn(CC(=O)Nc2ccc(F)c(S(=O)(=O)N3CCOCC3)c2)c(C)c1Cl. The van der Waals surface area contributed by atoms with Crippen LogP contribution in [-0.2, 0) is 26.1 Å². The number of anilines is 1. The normalized spacial score (nSPS) is 15.6. The van der Waals surface area contributed by atoms with Crippen molar-refractivity contribution in [1.29, 1.82) is 0 Å². The number of aromatic nitrogens is 2. The number of amides is 1. The number of rotatable bonds is 5. The fourth-order valence-corrected chi connectivity index (χ4v) is 4.50. The first-order chi connectivity index (χ1) is 13.2. The molecular formula is C17H20ClFN4O4S. The molecule has 1 aliphatic rings. The summed E-state index contributed by atoms with van der Waals surface area (Å²) in [6, 6.07) is 3.44. The van der Waals surface area contributed by atoms with Gasteiger partial charge in [0.25, 0.3) is 0 Å². The third kappa shape index (κ3) is 4.19. The minimum atomic E-state index is -4.03. The molecule has 0 atom stereocenters. The van der Waals surface area contributed by atoms with Crippen LogP contribution in [0.4, 0.5) is 10.1 Å². The van der Waals surface area contributed by atoms with Gasteiger partial charge in [0.15, 0.2) is 0 Å². The molecule has 1 aromatic heterocycles. The van der Waals surface area contributed by atoms with Crippen molar-refractivity contribution >= 4 is 33.2 Å². The second kappa shape index (κ2) is 8.16. The second-order valence-corrected chi connectivity index (χ2v) is 8.64. The Balaban J connectivity index is 1.79. The van der Waals surface area contributed by atoms with Crippen LogP contribution in [-0.4, -0.2) is 54.7 Å². The number of hydrogen-bond donors (Lipinski definition) is 1. The molecule has 2 aromatic rings. The highest BCUT2D eigenvalue weighted by atomic mass is 35.5. The van der Waals surface area contributed by atoms with Gasteiger partial charge in [-0.25, -0.2) is 12.8 Å². The van der Waals surface area contributed by atoms with Crippen LogP contribution < -0.4 is 5.32 Å². The Morgan fingerprint density at radius 1 is 1.32 bits per heavy atom. The van der Waals surface area contributed by atoms with Crippen molar-refractivity contribution < 1.29 is 22.3 Å². The van der Waals surface area contributed by atoms with E-state index in [4.69, 9.17) is 16.3 Å². The summed E-state index contributed by atoms with van der Waals surface area (Å²) in [6.07, 6.45) is 0. The number of nitrogens with one attached hydrogen (secondary N) is 1. The average Bonchev–Trinajstić information content (AvgIpc) is 2.90. The van der Waals surface area contributed by atoms with Crippen molar-refractivity contribution in [3.63, 3.8) is 0 Å². The quantitative estimate of drug-likeness (QED) is 0.782. The largest absolute Gasteiger partial charge is 0.379 e. The molecule has 0 bridgehead atoms. The summed E-state index contributed by atoms with van der Waals surface area (Å²) in [7, 11) is -4.03. The molecule has 0 radical (unpaired) electrons. The summed E-state index contributed by atoms with van der Waals surface area (Å²) in [5.41, 5.74) is 1.42. The lowest BCUT2D eigenvalue weighted by Crippen LogP contribution is -2.40. The fourth-order valence-electron chi connectivity index (χ4n) is 2.87. The lowest BCUT2D eigenvalue weighted by Gasteiger charge is -2.26. The van der Waals surface area contributed by atoms with Gasteiger partial charge in [0.2, 0.25) is 15.9 Å². The molecule has 3 rings (SSSR count). The molecule has 0 aliphatic carbocycles. The molecule has 1 fully saturated rings. The van der Waals surface area contributed by atoms with E-state index in [-0.39, 0.29) is 38.5 Å². The van der Waals surface area contributed by atoms with E-state index in [2.05, 4.69) is 10.4 Å². The van der Waals surface area contributed by atoms with Crippen molar-refractivity contribution in [1.82, 2.24) is 14.1 Å². The van der Waals surface area contributed by atoms with Gasteiger partial charge in [-0.05, 0) is 32.0 Å². The molecule has 2 heterocycles. The van der Waals surface area contributed by atoms with E-state index in [0.717, 1.165) is 12.1 Å².